The second-order valence-electron chi connectivity index (χ2n) is 11.3. The maximum Gasteiger partial charge on any atom is 0.111 e. The van der Waals surface area contributed by atoms with Crippen molar-refractivity contribution in [3.05, 3.63) is 133 Å². The molecule has 0 fully saturated rings. The Labute approximate surface area is 252 Å². The van der Waals surface area contributed by atoms with Gasteiger partial charge in [0.25, 0.3) is 0 Å². The van der Waals surface area contributed by atoms with Crippen LogP contribution in [-0.4, -0.2) is 15.0 Å². The smallest absolute Gasteiger partial charge is 0.111 e. The van der Waals surface area contributed by atoms with E-state index in [1.165, 1.54) is 75.0 Å². The lowest BCUT2D eigenvalue weighted by Gasteiger charge is -2.10. The third-order valence-corrected chi connectivity index (χ3v) is 9.94. The number of hydrogen-bond acceptors (Lipinski definition) is 2. The van der Waals surface area contributed by atoms with Crippen LogP contribution < -0.4 is 0 Å². The first-order valence-corrected chi connectivity index (χ1v) is 15.5. The molecule has 0 unspecified atom stereocenters. The largest absolute Gasteiger partial charge is 0.309 e. The van der Waals surface area contributed by atoms with Gasteiger partial charge in [0.15, 0.2) is 0 Å². The quantitative estimate of drug-likeness (QED) is 0.146. The molecule has 4 heteroatoms. The van der Waals surface area contributed by atoms with Crippen LogP contribution in [0.4, 0.5) is 5.69 Å². The van der Waals surface area contributed by atoms with Crippen molar-refractivity contribution in [2.75, 3.05) is 0 Å². The summed E-state index contributed by atoms with van der Waals surface area (Å²) in [6.07, 6.45) is 0. The van der Waals surface area contributed by atoms with Crippen molar-refractivity contribution in [1.82, 2.24) is 9.13 Å². The molecule has 0 spiro atoms. The van der Waals surface area contributed by atoms with Gasteiger partial charge in [0, 0.05) is 47.4 Å². The predicted molar refractivity (Wildman–Crippen MR) is 186 cm³/mol. The molecule has 3 heterocycles. The zero-order valence-corrected chi connectivity index (χ0v) is 24.7. The van der Waals surface area contributed by atoms with Crippen LogP contribution in [0.1, 0.15) is 12.5 Å². The Morgan fingerprint density at radius 3 is 1.98 bits per heavy atom. The van der Waals surface area contributed by atoms with E-state index in [1.807, 2.05) is 11.3 Å². The summed E-state index contributed by atoms with van der Waals surface area (Å²) in [6.45, 7) is 4.32. The molecule has 0 aliphatic rings. The van der Waals surface area contributed by atoms with E-state index in [2.05, 4.69) is 150 Å². The highest BCUT2D eigenvalue weighted by Crippen LogP contribution is 2.43. The molecule has 0 N–H and O–H groups in total. The minimum atomic E-state index is 0.961. The van der Waals surface area contributed by atoms with Gasteiger partial charge in [-0.15, -0.1) is 11.3 Å². The fraction of sp³-hybridized carbons (Fsp3) is 0.0513. The second kappa shape index (κ2) is 9.15. The molecule has 6 aromatic carbocycles. The lowest BCUT2D eigenvalue weighted by molar-refractivity contribution is 1.18. The van der Waals surface area contributed by atoms with Crippen molar-refractivity contribution >= 4 is 86.6 Å². The monoisotopic (exact) mass is 569 g/mol. The van der Waals surface area contributed by atoms with Crippen molar-refractivity contribution in [1.29, 1.82) is 0 Å². The Hall–Kier alpha value is -5.19. The molecule has 0 saturated heterocycles. The minimum absolute atomic E-state index is 0.961. The van der Waals surface area contributed by atoms with Crippen molar-refractivity contribution in [2.45, 2.75) is 13.8 Å². The van der Waals surface area contributed by atoms with Gasteiger partial charge in [0.1, 0.15) is 5.84 Å². The van der Waals surface area contributed by atoms with Crippen LogP contribution in [0.25, 0.3) is 69.5 Å². The van der Waals surface area contributed by atoms with Gasteiger partial charge >= 0.3 is 0 Å². The van der Waals surface area contributed by atoms with Gasteiger partial charge in [-0.2, -0.15) is 0 Å². The van der Waals surface area contributed by atoms with Crippen LogP contribution in [0, 0.1) is 6.92 Å². The Bertz CT molecular complexity index is 2580. The number of nitrogens with zero attached hydrogens (tertiary/aromatic N) is 3. The van der Waals surface area contributed by atoms with E-state index in [-0.39, 0.29) is 0 Å². The molecule has 0 bridgehead atoms. The fourth-order valence-electron chi connectivity index (χ4n) is 6.98. The molecule has 204 valence electrons. The molecule has 0 radical (unpaired) electrons. The number of fused-ring (bicyclic) bond motifs is 10. The topological polar surface area (TPSA) is 22.2 Å². The van der Waals surface area contributed by atoms with Gasteiger partial charge in [-0.1, -0.05) is 78.9 Å². The third kappa shape index (κ3) is 3.44. The molecule has 0 saturated carbocycles. The molecule has 0 atom stereocenters. The molecular weight excluding hydrogens is 543 g/mol. The van der Waals surface area contributed by atoms with Gasteiger partial charge in [-0.3, -0.25) is 4.57 Å². The van der Waals surface area contributed by atoms with Crippen LogP contribution >= 0.6 is 11.3 Å². The Morgan fingerprint density at radius 2 is 1.16 bits per heavy atom. The summed E-state index contributed by atoms with van der Waals surface area (Å²) < 4.78 is 7.32. The first-order chi connectivity index (χ1) is 21.2. The summed E-state index contributed by atoms with van der Waals surface area (Å²) in [5.74, 6) is 0.961. The first kappa shape index (κ1) is 24.4. The molecule has 0 aliphatic heterocycles. The fourth-order valence-corrected chi connectivity index (χ4v) is 8.09. The lowest BCUT2D eigenvalue weighted by atomic mass is 10.1. The molecule has 0 aliphatic carbocycles. The number of thiophene rings is 1. The number of rotatable bonds is 2. The Morgan fingerprint density at radius 1 is 0.535 bits per heavy atom. The maximum atomic E-state index is 5.43. The number of para-hydroxylation sites is 3. The number of aliphatic imine (C=N–C) groups is 1. The van der Waals surface area contributed by atoms with Gasteiger partial charge in [0.2, 0.25) is 0 Å². The molecule has 9 aromatic rings. The number of aromatic nitrogens is 2. The highest BCUT2D eigenvalue weighted by Gasteiger charge is 2.21. The average Bonchev–Trinajstić information content (AvgIpc) is 3.70. The van der Waals surface area contributed by atoms with E-state index >= 15 is 0 Å². The zero-order chi connectivity index (χ0) is 28.7. The summed E-state index contributed by atoms with van der Waals surface area (Å²) in [5, 5.41) is 7.56. The highest BCUT2D eigenvalue weighted by atomic mass is 32.1. The molecule has 9 rings (SSSR count). The molecule has 3 aromatic heterocycles. The molecular formula is C39H27N3S. The normalized spacial score (nSPS) is 12.6. The zero-order valence-electron chi connectivity index (χ0n) is 23.9. The summed E-state index contributed by atoms with van der Waals surface area (Å²) in [4.78, 5) is 5.43. The van der Waals surface area contributed by atoms with E-state index in [1.54, 1.807) is 0 Å². The molecule has 3 nitrogen and oxygen atoms in total. The van der Waals surface area contributed by atoms with Crippen molar-refractivity contribution in [3.63, 3.8) is 0 Å². The lowest BCUT2D eigenvalue weighted by Crippen LogP contribution is -2.06. The highest BCUT2D eigenvalue weighted by molar-refractivity contribution is 7.26. The predicted octanol–water partition coefficient (Wildman–Crippen LogP) is 11.2. The maximum absolute atomic E-state index is 5.43. The van der Waals surface area contributed by atoms with Gasteiger partial charge < -0.3 is 4.57 Å². The Kier molecular flexibility index (Phi) is 5.20. The second-order valence-corrected chi connectivity index (χ2v) is 12.3. The van der Waals surface area contributed by atoms with Crippen LogP contribution in [0.5, 0.6) is 0 Å². The molecule has 43 heavy (non-hydrogen) atoms. The van der Waals surface area contributed by atoms with Crippen molar-refractivity contribution in [3.8, 4) is 5.69 Å². The van der Waals surface area contributed by atoms with Crippen molar-refractivity contribution < 1.29 is 0 Å². The summed E-state index contributed by atoms with van der Waals surface area (Å²) in [6, 6.07) is 45.9. The molecule has 0 amide bonds. The van der Waals surface area contributed by atoms with Crippen molar-refractivity contribution in [2.24, 2.45) is 4.99 Å². The standard InChI is InChI=1S/C39H27N3S/c1-24-20-23-35-38(29-16-8-11-19-34(29)43-35)39(24)40-25(2)41-30-17-9-6-14-27(30)36-32(41)21-22-33-37(36)28-15-7-10-18-31(28)42(33)26-12-4-3-5-13-26/h3-23H,1-2H3. The summed E-state index contributed by atoms with van der Waals surface area (Å²) in [5.41, 5.74) is 8.17. The van der Waals surface area contributed by atoms with Crippen LogP contribution in [0.15, 0.2) is 132 Å². The first-order valence-electron chi connectivity index (χ1n) is 14.7. The van der Waals surface area contributed by atoms with Gasteiger partial charge in [0.05, 0.1) is 27.8 Å². The average molecular weight is 570 g/mol. The number of aryl methyl sites for hydroxylation is 1. The minimum Gasteiger partial charge on any atom is -0.309 e. The van der Waals surface area contributed by atoms with Crippen LogP contribution in [0.2, 0.25) is 0 Å². The SMILES string of the molecule is CC(=Nc1c(C)ccc2sc3ccccc3c12)n1c2ccccc2c2c3c4ccccc4n(-c4ccccc4)c3ccc21. The van der Waals surface area contributed by atoms with Crippen LogP contribution in [-0.2, 0) is 0 Å². The number of hydrogen-bond donors (Lipinski definition) is 0. The van der Waals surface area contributed by atoms with Gasteiger partial charge in [-0.25, -0.2) is 4.99 Å². The summed E-state index contributed by atoms with van der Waals surface area (Å²) >= 11 is 1.84. The Balaban J connectivity index is 1.39. The number of benzene rings is 6. The van der Waals surface area contributed by atoms with E-state index in [9.17, 15) is 0 Å². The van der Waals surface area contributed by atoms with Gasteiger partial charge in [-0.05, 0) is 67.9 Å². The van der Waals surface area contributed by atoms with E-state index in [0.29, 0.717) is 0 Å². The summed E-state index contributed by atoms with van der Waals surface area (Å²) in [7, 11) is 0. The van der Waals surface area contributed by atoms with E-state index < -0.39 is 0 Å². The van der Waals surface area contributed by atoms with E-state index in [0.717, 1.165) is 11.5 Å². The third-order valence-electron chi connectivity index (χ3n) is 8.80. The van der Waals surface area contributed by atoms with Crippen LogP contribution in [0.3, 0.4) is 0 Å². The van der Waals surface area contributed by atoms with E-state index in [4.69, 9.17) is 4.99 Å².